The maximum absolute atomic E-state index is 12.3. The number of anilines is 2. The van der Waals surface area contributed by atoms with Gasteiger partial charge in [-0.2, -0.15) is 0 Å². The van der Waals surface area contributed by atoms with Crippen molar-refractivity contribution < 1.29 is 4.79 Å². The fourth-order valence-corrected chi connectivity index (χ4v) is 2.82. The molecule has 0 bridgehead atoms. The predicted molar refractivity (Wildman–Crippen MR) is 97.6 cm³/mol. The average Bonchev–Trinajstić information content (AvgIpc) is 3.34. The zero-order valence-corrected chi connectivity index (χ0v) is 14.4. The number of aromatic nitrogens is 1. The first-order valence-electron chi connectivity index (χ1n) is 8.69. The summed E-state index contributed by atoms with van der Waals surface area (Å²) in [5.41, 5.74) is 10.7. The molecule has 1 heterocycles. The van der Waals surface area contributed by atoms with Crippen LogP contribution in [-0.2, 0) is 13.1 Å². The third kappa shape index (κ3) is 3.62. The third-order valence-electron chi connectivity index (χ3n) is 4.48. The Bertz CT molecular complexity index is 731. The Morgan fingerprint density at radius 2 is 2.08 bits per heavy atom. The van der Waals surface area contributed by atoms with Gasteiger partial charge in [0.15, 0.2) is 0 Å². The lowest BCUT2D eigenvalue weighted by Crippen LogP contribution is -2.25. The molecule has 1 fully saturated rings. The van der Waals surface area contributed by atoms with E-state index < -0.39 is 0 Å². The van der Waals surface area contributed by atoms with Crippen LogP contribution in [-0.4, -0.2) is 16.5 Å². The zero-order chi connectivity index (χ0) is 17.1. The minimum atomic E-state index is -0.00982. The summed E-state index contributed by atoms with van der Waals surface area (Å²) in [6, 6.07) is 8.11. The Morgan fingerprint density at radius 3 is 2.75 bits per heavy atom. The lowest BCUT2D eigenvalue weighted by molar-refractivity contribution is 0.0951. The molecule has 0 spiro atoms. The van der Waals surface area contributed by atoms with Crippen molar-refractivity contribution in [3.8, 4) is 0 Å². The van der Waals surface area contributed by atoms with E-state index in [4.69, 9.17) is 5.73 Å². The summed E-state index contributed by atoms with van der Waals surface area (Å²) in [4.78, 5) is 12.3. The molecule has 5 nitrogen and oxygen atoms in total. The van der Waals surface area contributed by atoms with Crippen LogP contribution in [0.4, 0.5) is 11.4 Å². The van der Waals surface area contributed by atoms with Crippen molar-refractivity contribution in [2.75, 3.05) is 5.32 Å². The number of benzene rings is 1. The number of nitrogens with zero attached hydrogens (tertiary/aromatic N) is 1. The Labute approximate surface area is 143 Å². The van der Waals surface area contributed by atoms with E-state index in [9.17, 15) is 4.79 Å². The van der Waals surface area contributed by atoms with Crippen LogP contribution in [0.3, 0.4) is 0 Å². The number of nitrogens with two attached hydrogens (primary N) is 1. The number of rotatable bonds is 7. The molecule has 0 atom stereocenters. The number of nitrogens with one attached hydrogen (secondary N) is 2. The zero-order valence-electron chi connectivity index (χ0n) is 14.4. The van der Waals surface area contributed by atoms with Crippen molar-refractivity contribution in [1.29, 1.82) is 0 Å². The van der Waals surface area contributed by atoms with E-state index in [0.717, 1.165) is 42.7 Å². The van der Waals surface area contributed by atoms with Gasteiger partial charge in [-0.15, -0.1) is 0 Å². The second-order valence-electron chi connectivity index (χ2n) is 6.46. The van der Waals surface area contributed by atoms with Crippen LogP contribution in [0.15, 0.2) is 30.5 Å². The summed E-state index contributed by atoms with van der Waals surface area (Å²) >= 11 is 0. The molecule has 0 radical (unpaired) electrons. The smallest absolute Gasteiger partial charge is 0.251 e. The predicted octanol–water partition coefficient (Wildman–Crippen LogP) is 3.30. The summed E-state index contributed by atoms with van der Waals surface area (Å²) in [5.74, 6) is -0.00982. The van der Waals surface area contributed by atoms with E-state index in [1.54, 1.807) is 0 Å². The van der Waals surface area contributed by atoms with Crippen molar-refractivity contribution in [2.45, 2.75) is 52.2 Å². The number of hydrogen-bond donors (Lipinski definition) is 3. The molecule has 1 aliphatic rings. The van der Waals surface area contributed by atoms with E-state index >= 15 is 0 Å². The van der Waals surface area contributed by atoms with Gasteiger partial charge in [0, 0.05) is 42.3 Å². The molecular weight excluding hydrogens is 300 g/mol. The number of amides is 1. The second kappa shape index (κ2) is 7.09. The molecule has 24 heavy (non-hydrogen) atoms. The molecule has 1 aromatic carbocycles. The van der Waals surface area contributed by atoms with Gasteiger partial charge >= 0.3 is 0 Å². The Hall–Kier alpha value is -2.27. The van der Waals surface area contributed by atoms with Crippen LogP contribution in [0.2, 0.25) is 0 Å². The molecule has 128 valence electrons. The summed E-state index contributed by atoms with van der Waals surface area (Å²) in [7, 11) is 0. The molecule has 1 saturated carbocycles. The molecule has 0 aliphatic heterocycles. The number of hydrogen-bond acceptors (Lipinski definition) is 3. The Balaban J connectivity index is 1.83. The summed E-state index contributed by atoms with van der Waals surface area (Å²) in [5, 5.41) is 6.48. The first-order valence-corrected chi connectivity index (χ1v) is 8.69. The van der Waals surface area contributed by atoms with Gasteiger partial charge in [-0.25, -0.2) is 0 Å². The van der Waals surface area contributed by atoms with Gasteiger partial charge in [-0.1, -0.05) is 13.0 Å². The molecule has 3 rings (SSSR count). The largest absolute Gasteiger partial charge is 0.354 e. The van der Waals surface area contributed by atoms with Crippen molar-refractivity contribution in [2.24, 2.45) is 5.73 Å². The topological polar surface area (TPSA) is 72.1 Å². The average molecular weight is 326 g/mol. The minimum Gasteiger partial charge on any atom is -0.354 e. The first kappa shape index (κ1) is 16.6. The summed E-state index contributed by atoms with van der Waals surface area (Å²) in [6.45, 7) is 5.70. The molecule has 1 aliphatic carbocycles. The Morgan fingerprint density at radius 1 is 1.29 bits per heavy atom. The van der Waals surface area contributed by atoms with Crippen molar-refractivity contribution in [1.82, 2.24) is 9.88 Å². The molecule has 0 unspecified atom stereocenters. The van der Waals surface area contributed by atoms with Crippen LogP contribution in [0.5, 0.6) is 0 Å². The highest BCUT2D eigenvalue weighted by Gasteiger charge is 2.24. The minimum absolute atomic E-state index is 0.00982. The van der Waals surface area contributed by atoms with Gasteiger partial charge < -0.3 is 20.9 Å². The maximum atomic E-state index is 12.3. The van der Waals surface area contributed by atoms with Crippen molar-refractivity contribution in [3.05, 3.63) is 47.3 Å². The maximum Gasteiger partial charge on any atom is 0.251 e. The van der Waals surface area contributed by atoms with E-state index in [1.165, 1.54) is 5.69 Å². The molecule has 4 N–H and O–H groups in total. The molecule has 5 heteroatoms. The fourth-order valence-electron chi connectivity index (χ4n) is 2.82. The first-order chi connectivity index (χ1) is 11.6. The highest BCUT2D eigenvalue weighted by atomic mass is 16.1. The quantitative estimate of drug-likeness (QED) is 0.731. The SMILES string of the molecule is CCCn1ccc(Nc2cc(C(=O)NC3CC3)ccc2CN)c1C. The molecule has 1 aromatic heterocycles. The van der Waals surface area contributed by atoms with Gasteiger partial charge in [-0.05, 0) is 49.9 Å². The summed E-state index contributed by atoms with van der Waals surface area (Å²) < 4.78 is 2.23. The Kier molecular flexibility index (Phi) is 4.90. The highest BCUT2D eigenvalue weighted by molar-refractivity contribution is 5.96. The van der Waals surface area contributed by atoms with Gasteiger partial charge in [0.05, 0.1) is 5.69 Å². The fraction of sp³-hybridized carbons (Fsp3) is 0.421. The van der Waals surface area contributed by atoms with Gasteiger partial charge in [-0.3, -0.25) is 4.79 Å². The monoisotopic (exact) mass is 326 g/mol. The van der Waals surface area contributed by atoms with Crippen molar-refractivity contribution >= 4 is 17.3 Å². The molecular formula is C19H26N4O. The highest BCUT2D eigenvalue weighted by Crippen LogP contribution is 2.26. The van der Waals surface area contributed by atoms with Crippen LogP contribution in [0.25, 0.3) is 0 Å². The normalized spacial score (nSPS) is 13.8. The number of carbonyl (C=O) groups excluding carboxylic acids is 1. The molecule has 2 aromatic rings. The van der Waals surface area contributed by atoms with Crippen LogP contribution in [0.1, 0.15) is 47.8 Å². The van der Waals surface area contributed by atoms with Crippen molar-refractivity contribution in [3.63, 3.8) is 0 Å². The van der Waals surface area contributed by atoms with E-state index in [-0.39, 0.29) is 5.91 Å². The second-order valence-corrected chi connectivity index (χ2v) is 6.46. The van der Waals surface area contributed by atoms with E-state index in [0.29, 0.717) is 18.2 Å². The summed E-state index contributed by atoms with van der Waals surface area (Å²) in [6.07, 6.45) is 5.36. The van der Waals surface area contributed by atoms with Crippen LogP contribution < -0.4 is 16.4 Å². The van der Waals surface area contributed by atoms with Crippen LogP contribution in [0, 0.1) is 6.92 Å². The van der Waals surface area contributed by atoms with Crippen LogP contribution >= 0.6 is 0 Å². The van der Waals surface area contributed by atoms with E-state index in [2.05, 4.69) is 41.3 Å². The van der Waals surface area contributed by atoms with Gasteiger partial charge in [0.25, 0.3) is 5.91 Å². The standard InChI is InChI=1S/C19H26N4O/c1-3-9-23-10-8-17(13(23)2)22-18-11-14(4-5-15(18)12-20)19(24)21-16-6-7-16/h4-5,8,10-11,16,22H,3,6-7,9,12,20H2,1-2H3,(H,21,24). The third-order valence-corrected chi connectivity index (χ3v) is 4.48. The number of carbonyl (C=O) groups is 1. The van der Waals surface area contributed by atoms with Gasteiger partial charge in [0.2, 0.25) is 0 Å². The molecule has 1 amide bonds. The lowest BCUT2D eigenvalue weighted by atomic mass is 10.1. The van der Waals surface area contributed by atoms with Gasteiger partial charge in [0.1, 0.15) is 0 Å². The number of aryl methyl sites for hydroxylation is 1. The lowest BCUT2D eigenvalue weighted by Gasteiger charge is -2.14. The molecule has 0 saturated heterocycles. The van der Waals surface area contributed by atoms with E-state index in [1.807, 2.05) is 18.2 Å².